The largest absolute Gasteiger partial charge is 0.477 e. The van der Waals surface area contributed by atoms with Crippen LogP contribution < -0.4 is 0 Å². The molecule has 0 radical (unpaired) electrons. The normalized spacial score (nSPS) is 12.5. The molecule has 0 fully saturated rings. The second kappa shape index (κ2) is 6.98. The Morgan fingerprint density at radius 1 is 1.24 bits per heavy atom. The van der Waals surface area contributed by atoms with Crippen molar-refractivity contribution in [2.75, 3.05) is 13.3 Å². The van der Waals surface area contributed by atoms with E-state index in [0.29, 0.717) is 18.0 Å². The first-order chi connectivity index (χ1) is 9.97. The average molecular weight is 323 g/mol. The second-order valence-corrected chi connectivity index (χ2v) is 7.15. The van der Waals surface area contributed by atoms with Crippen LogP contribution in [0.4, 0.5) is 0 Å². The zero-order valence-corrected chi connectivity index (χ0v) is 13.5. The number of hydrogen-bond donors (Lipinski definition) is 1. The molecule has 0 saturated heterocycles. The predicted octanol–water partition coefficient (Wildman–Crippen LogP) is 2.82. The first kappa shape index (κ1) is 15.9. The van der Waals surface area contributed by atoms with Crippen LogP contribution in [0.1, 0.15) is 20.8 Å². The zero-order chi connectivity index (χ0) is 15.4. The molecule has 0 aliphatic heterocycles. The molecule has 2 rings (SSSR count). The number of hydrogen-bond acceptors (Lipinski definition) is 4. The van der Waals surface area contributed by atoms with Crippen molar-refractivity contribution in [2.45, 2.75) is 18.0 Å². The number of carbonyl (C=O) groups is 1. The van der Waals surface area contributed by atoms with Crippen LogP contribution in [0, 0.1) is 0 Å². The van der Waals surface area contributed by atoms with E-state index in [-0.39, 0.29) is 0 Å². The van der Waals surface area contributed by atoms with Gasteiger partial charge >= 0.3 is 5.97 Å². The Hall–Kier alpha value is -1.50. The van der Waals surface area contributed by atoms with Gasteiger partial charge in [-0.1, -0.05) is 12.1 Å². The monoisotopic (exact) mass is 323 g/mol. The van der Waals surface area contributed by atoms with Gasteiger partial charge in [-0.05, 0) is 41.8 Å². The smallest absolute Gasteiger partial charge is 0.346 e. The van der Waals surface area contributed by atoms with Crippen molar-refractivity contribution in [2.24, 2.45) is 0 Å². The number of nitrogens with zero attached hydrogens (tertiary/aromatic N) is 1. The summed E-state index contributed by atoms with van der Waals surface area (Å²) in [4.78, 5) is 14.4. The molecule has 0 amide bonds. The number of carboxylic acid groups (broad SMARTS) is 1. The first-order valence-corrected chi connectivity index (χ1v) is 8.81. The van der Waals surface area contributed by atoms with Crippen molar-refractivity contribution in [3.63, 3.8) is 0 Å². The molecular weight excluding hydrogens is 306 g/mol. The maximum Gasteiger partial charge on any atom is 0.346 e. The van der Waals surface area contributed by atoms with E-state index < -0.39 is 16.8 Å². The number of benzene rings is 1. The topological polar surface area (TPSA) is 57.6 Å². The van der Waals surface area contributed by atoms with E-state index in [9.17, 15) is 9.00 Å². The predicted molar refractivity (Wildman–Crippen MR) is 85.2 cm³/mol. The third-order valence-electron chi connectivity index (χ3n) is 3.09. The highest BCUT2D eigenvalue weighted by atomic mass is 32.2. The first-order valence-electron chi connectivity index (χ1n) is 6.38. The molecule has 6 heteroatoms. The Bertz CT molecular complexity index is 649. The molecule has 1 N–H and O–H groups in total. The third-order valence-corrected chi connectivity index (χ3v) is 4.97. The summed E-state index contributed by atoms with van der Waals surface area (Å²) >= 11 is 1.25. The Balaban J connectivity index is 2.01. The number of rotatable bonds is 6. The highest BCUT2D eigenvalue weighted by Crippen LogP contribution is 2.19. The number of carboxylic acids is 1. The van der Waals surface area contributed by atoms with Gasteiger partial charge in [0.25, 0.3) is 0 Å². The Labute approximate surface area is 130 Å². The second-order valence-electron chi connectivity index (χ2n) is 4.85. The summed E-state index contributed by atoms with van der Waals surface area (Å²) in [5.41, 5.74) is 1.94. The van der Waals surface area contributed by atoms with E-state index in [0.717, 1.165) is 16.0 Å². The van der Waals surface area contributed by atoms with Crippen LogP contribution in [0.15, 0.2) is 40.6 Å². The molecule has 0 aliphatic rings. The molecular formula is C15H17NO3S2. The standard InChI is InChI=1S/C15H17NO3S2/c1-16(10-12-7-8-20-14(12)15(17)18)9-11-3-5-13(6-4-11)21(2)19/h3-8H,9-10H2,1-2H3,(H,17,18). The van der Waals surface area contributed by atoms with Gasteiger partial charge in [-0.25, -0.2) is 4.79 Å². The molecule has 0 spiro atoms. The van der Waals surface area contributed by atoms with Crippen molar-refractivity contribution in [3.05, 3.63) is 51.7 Å². The van der Waals surface area contributed by atoms with Crippen LogP contribution in [0.3, 0.4) is 0 Å². The number of aromatic carboxylic acids is 1. The minimum Gasteiger partial charge on any atom is -0.477 e. The lowest BCUT2D eigenvalue weighted by molar-refractivity contribution is 0.0700. The van der Waals surface area contributed by atoms with Crippen molar-refractivity contribution >= 4 is 28.1 Å². The molecule has 1 aromatic heterocycles. The Morgan fingerprint density at radius 2 is 1.90 bits per heavy atom. The van der Waals surface area contributed by atoms with E-state index in [4.69, 9.17) is 5.11 Å². The number of thiophene rings is 1. The van der Waals surface area contributed by atoms with Gasteiger partial charge in [0.05, 0.1) is 0 Å². The quantitative estimate of drug-likeness (QED) is 0.888. The van der Waals surface area contributed by atoms with Crippen LogP contribution in [-0.4, -0.2) is 33.5 Å². The molecule has 0 bridgehead atoms. The fourth-order valence-electron chi connectivity index (χ4n) is 2.09. The Kier molecular flexibility index (Phi) is 5.27. The van der Waals surface area contributed by atoms with Crippen LogP contribution in [0.5, 0.6) is 0 Å². The molecule has 112 valence electrons. The van der Waals surface area contributed by atoms with Crippen molar-refractivity contribution < 1.29 is 14.1 Å². The van der Waals surface area contributed by atoms with Crippen molar-refractivity contribution in [1.29, 1.82) is 0 Å². The summed E-state index contributed by atoms with van der Waals surface area (Å²) in [6, 6.07) is 9.50. The SMILES string of the molecule is CN(Cc1ccc(S(C)=O)cc1)Cc1ccsc1C(=O)O. The van der Waals surface area contributed by atoms with Crippen LogP contribution in [-0.2, 0) is 23.9 Å². The molecule has 1 aromatic carbocycles. The van der Waals surface area contributed by atoms with Gasteiger partial charge in [0.1, 0.15) is 4.88 Å². The Morgan fingerprint density at radius 3 is 2.48 bits per heavy atom. The minimum absolute atomic E-state index is 0.401. The summed E-state index contributed by atoms with van der Waals surface area (Å²) < 4.78 is 11.3. The van der Waals surface area contributed by atoms with E-state index in [2.05, 4.69) is 4.90 Å². The highest BCUT2D eigenvalue weighted by Gasteiger charge is 2.13. The summed E-state index contributed by atoms with van der Waals surface area (Å²) in [5.74, 6) is -0.872. The average Bonchev–Trinajstić information content (AvgIpc) is 2.87. The lowest BCUT2D eigenvalue weighted by atomic mass is 10.2. The van der Waals surface area contributed by atoms with Crippen molar-refractivity contribution in [3.8, 4) is 0 Å². The third kappa shape index (κ3) is 4.23. The maximum atomic E-state index is 11.3. The summed E-state index contributed by atoms with van der Waals surface area (Å²) in [6.45, 7) is 1.30. The van der Waals surface area contributed by atoms with Crippen LogP contribution in [0.2, 0.25) is 0 Å². The highest BCUT2D eigenvalue weighted by molar-refractivity contribution is 7.84. The molecule has 1 unspecified atom stereocenters. The van der Waals surface area contributed by atoms with Crippen LogP contribution in [0.25, 0.3) is 0 Å². The van der Waals surface area contributed by atoms with E-state index >= 15 is 0 Å². The van der Waals surface area contributed by atoms with E-state index in [1.54, 1.807) is 11.6 Å². The van der Waals surface area contributed by atoms with Crippen LogP contribution >= 0.6 is 11.3 Å². The van der Waals surface area contributed by atoms with E-state index in [1.165, 1.54) is 11.3 Å². The van der Waals surface area contributed by atoms with Gasteiger partial charge in [0, 0.05) is 35.0 Å². The lowest BCUT2D eigenvalue weighted by Crippen LogP contribution is -2.18. The van der Waals surface area contributed by atoms with Gasteiger partial charge in [-0.2, -0.15) is 0 Å². The van der Waals surface area contributed by atoms with E-state index in [1.807, 2.05) is 37.4 Å². The lowest BCUT2D eigenvalue weighted by Gasteiger charge is -2.16. The molecule has 1 heterocycles. The van der Waals surface area contributed by atoms with Gasteiger partial charge in [0.15, 0.2) is 0 Å². The summed E-state index contributed by atoms with van der Waals surface area (Å²) in [6.07, 6.45) is 1.66. The molecule has 21 heavy (non-hydrogen) atoms. The molecule has 2 aromatic rings. The maximum absolute atomic E-state index is 11.3. The van der Waals surface area contributed by atoms with Gasteiger partial charge < -0.3 is 5.11 Å². The fourth-order valence-corrected chi connectivity index (χ4v) is 3.37. The molecule has 0 saturated carbocycles. The minimum atomic E-state index is -0.962. The summed E-state index contributed by atoms with van der Waals surface area (Å²) in [7, 11) is 0.992. The van der Waals surface area contributed by atoms with Crippen molar-refractivity contribution in [1.82, 2.24) is 4.90 Å². The molecule has 0 aliphatic carbocycles. The van der Waals surface area contributed by atoms with Gasteiger partial charge in [-0.15, -0.1) is 11.3 Å². The summed E-state index contributed by atoms with van der Waals surface area (Å²) in [5, 5.41) is 10.9. The fraction of sp³-hybridized carbons (Fsp3) is 0.267. The molecule has 1 atom stereocenters. The zero-order valence-electron chi connectivity index (χ0n) is 11.9. The van der Waals surface area contributed by atoms with Gasteiger partial charge in [-0.3, -0.25) is 9.11 Å². The molecule has 4 nitrogen and oxygen atoms in total. The van der Waals surface area contributed by atoms with Gasteiger partial charge in [0.2, 0.25) is 0 Å².